The maximum absolute atomic E-state index is 5.65. The second-order valence-electron chi connectivity index (χ2n) is 4.78. The van der Waals surface area contributed by atoms with Crippen molar-refractivity contribution in [3.05, 3.63) is 17.5 Å². The van der Waals surface area contributed by atoms with E-state index in [1.165, 1.54) is 30.5 Å². The molecule has 0 aliphatic heterocycles. The molecule has 1 aliphatic carbocycles. The van der Waals surface area contributed by atoms with Crippen molar-refractivity contribution in [2.45, 2.75) is 51.5 Å². The average Bonchev–Trinajstić information content (AvgIpc) is 2.63. The van der Waals surface area contributed by atoms with Crippen LogP contribution in [0.3, 0.4) is 0 Å². The molecule has 0 amide bonds. The molecule has 1 aliphatic rings. The van der Waals surface area contributed by atoms with Gasteiger partial charge in [0.2, 0.25) is 0 Å². The third kappa shape index (κ3) is 2.07. The van der Waals surface area contributed by atoms with E-state index in [4.69, 9.17) is 10.8 Å². The minimum Gasteiger partial charge on any atom is -0.330 e. The van der Waals surface area contributed by atoms with Crippen molar-refractivity contribution in [2.75, 3.05) is 6.54 Å². The molecule has 1 aromatic heterocycles. The fourth-order valence-electron chi connectivity index (χ4n) is 2.40. The highest BCUT2D eigenvalue weighted by Gasteiger charge is 2.23. The number of nitrogens with two attached hydrogens (primary N) is 1. The molecular formula is C12H21N3. The van der Waals surface area contributed by atoms with Crippen LogP contribution in [0.5, 0.6) is 0 Å². The summed E-state index contributed by atoms with van der Waals surface area (Å²) in [5.41, 5.74) is 8.42. The minimum absolute atomic E-state index is 0.467. The summed E-state index contributed by atoms with van der Waals surface area (Å²) >= 11 is 0. The molecule has 1 heterocycles. The summed E-state index contributed by atoms with van der Waals surface area (Å²) in [6, 6.07) is 0.467. The predicted octanol–water partition coefficient (Wildman–Crippen LogP) is 2.23. The largest absolute Gasteiger partial charge is 0.330 e. The van der Waals surface area contributed by atoms with Gasteiger partial charge < -0.3 is 5.73 Å². The predicted molar refractivity (Wildman–Crippen MR) is 62.0 cm³/mol. The summed E-state index contributed by atoms with van der Waals surface area (Å²) in [6.07, 6.45) is 7.06. The van der Waals surface area contributed by atoms with Crippen LogP contribution >= 0.6 is 0 Å². The minimum atomic E-state index is 0.467. The van der Waals surface area contributed by atoms with Crippen molar-refractivity contribution in [3.8, 4) is 0 Å². The van der Waals surface area contributed by atoms with Crippen LogP contribution in [0.25, 0.3) is 0 Å². The van der Waals surface area contributed by atoms with Crippen molar-refractivity contribution in [1.82, 2.24) is 9.78 Å². The summed E-state index contributed by atoms with van der Waals surface area (Å²) < 4.78 is 2.10. The lowest BCUT2D eigenvalue weighted by Crippen LogP contribution is -2.13. The fraction of sp³-hybridized carbons (Fsp3) is 0.750. The zero-order valence-electron chi connectivity index (χ0n) is 9.74. The molecule has 1 unspecified atom stereocenters. The SMILES string of the molecule is CC(C)n1cc2c(n1)C(CCN)CCC2. The Kier molecular flexibility index (Phi) is 3.10. The van der Waals surface area contributed by atoms with Crippen molar-refractivity contribution in [2.24, 2.45) is 5.73 Å². The molecule has 3 heteroatoms. The van der Waals surface area contributed by atoms with Gasteiger partial charge in [-0.05, 0) is 51.6 Å². The van der Waals surface area contributed by atoms with Crippen molar-refractivity contribution in [1.29, 1.82) is 0 Å². The van der Waals surface area contributed by atoms with E-state index in [0.29, 0.717) is 12.0 Å². The quantitative estimate of drug-likeness (QED) is 0.826. The van der Waals surface area contributed by atoms with Crippen LogP contribution in [-0.4, -0.2) is 16.3 Å². The number of aryl methyl sites for hydroxylation is 1. The first-order valence-corrected chi connectivity index (χ1v) is 6.00. The van der Waals surface area contributed by atoms with E-state index in [1.807, 2.05) is 0 Å². The van der Waals surface area contributed by atoms with Gasteiger partial charge in [-0.3, -0.25) is 4.68 Å². The zero-order valence-corrected chi connectivity index (χ0v) is 9.74. The molecule has 2 rings (SSSR count). The summed E-state index contributed by atoms with van der Waals surface area (Å²) in [5.74, 6) is 0.610. The molecule has 0 fully saturated rings. The lowest BCUT2D eigenvalue weighted by atomic mass is 9.86. The second-order valence-corrected chi connectivity index (χ2v) is 4.78. The van der Waals surface area contributed by atoms with Crippen LogP contribution in [0.1, 0.15) is 56.3 Å². The monoisotopic (exact) mass is 207 g/mol. The van der Waals surface area contributed by atoms with Gasteiger partial charge in [-0.2, -0.15) is 5.10 Å². The number of hydrogen-bond donors (Lipinski definition) is 1. The van der Waals surface area contributed by atoms with E-state index in [9.17, 15) is 0 Å². The smallest absolute Gasteiger partial charge is 0.0688 e. The molecule has 0 bridgehead atoms. The summed E-state index contributed by atoms with van der Waals surface area (Å²) in [4.78, 5) is 0. The van der Waals surface area contributed by atoms with Gasteiger partial charge in [0.15, 0.2) is 0 Å². The Hall–Kier alpha value is -0.830. The lowest BCUT2D eigenvalue weighted by Gasteiger charge is -2.19. The second kappa shape index (κ2) is 4.35. The molecule has 84 valence electrons. The first-order chi connectivity index (χ1) is 7.22. The van der Waals surface area contributed by atoms with Gasteiger partial charge in [0, 0.05) is 18.2 Å². The van der Waals surface area contributed by atoms with Gasteiger partial charge in [0.05, 0.1) is 5.69 Å². The molecule has 2 N–H and O–H groups in total. The number of fused-ring (bicyclic) bond motifs is 1. The Morgan fingerprint density at radius 3 is 3.07 bits per heavy atom. The van der Waals surface area contributed by atoms with E-state index >= 15 is 0 Å². The van der Waals surface area contributed by atoms with Crippen LogP contribution in [0.4, 0.5) is 0 Å². The standard InChI is InChI=1S/C12H21N3/c1-9(2)15-8-11-5-3-4-10(6-7-13)12(11)14-15/h8-10H,3-7,13H2,1-2H3. The molecule has 1 aromatic rings. The van der Waals surface area contributed by atoms with Crippen LogP contribution in [0.2, 0.25) is 0 Å². The molecular weight excluding hydrogens is 186 g/mol. The Morgan fingerprint density at radius 2 is 2.40 bits per heavy atom. The highest BCUT2D eigenvalue weighted by molar-refractivity contribution is 5.24. The van der Waals surface area contributed by atoms with Gasteiger partial charge in [-0.25, -0.2) is 0 Å². The van der Waals surface area contributed by atoms with E-state index in [1.54, 1.807) is 0 Å². The third-order valence-corrected chi connectivity index (χ3v) is 3.27. The summed E-state index contributed by atoms with van der Waals surface area (Å²) in [5, 5.41) is 4.71. The molecule has 0 radical (unpaired) electrons. The van der Waals surface area contributed by atoms with E-state index in [2.05, 4.69) is 24.7 Å². The molecule has 0 saturated heterocycles. The first kappa shape index (κ1) is 10.7. The summed E-state index contributed by atoms with van der Waals surface area (Å²) in [7, 11) is 0. The van der Waals surface area contributed by atoms with Gasteiger partial charge in [0.25, 0.3) is 0 Å². The van der Waals surface area contributed by atoms with E-state index < -0.39 is 0 Å². The third-order valence-electron chi connectivity index (χ3n) is 3.27. The molecule has 0 spiro atoms. The maximum atomic E-state index is 5.65. The highest BCUT2D eigenvalue weighted by Crippen LogP contribution is 2.32. The number of rotatable bonds is 3. The van der Waals surface area contributed by atoms with Gasteiger partial charge in [-0.1, -0.05) is 0 Å². The number of nitrogens with zero attached hydrogens (tertiary/aromatic N) is 2. The van der Waals surface area contributed by atoms with Crippen LogP contribution in [-0.2, 0) is 6.42 Å². The first-order valence-electron chi connectivity index (χ1n) is 6.00. The Bertz CT molecular complexity index is 328. The Labute approximate surface area is 91.7 Å². The van der Waals surface area contributed by atoms with Gasteiger partial charge in [0.1, 0.15) is 0 Å². The van der Waals surface area contributed by atoms with Crippen molar-refractivity contribution >= 4 is 0 Å². The molecule has 3 nitrogen and oxygen atoms in total. The average molecular weight is 207 g/mol. The molecule has 0 saturated carbocycles. The van der Waals surface area contributed by atoms with Crippen LogP contribution in [0, 0.1) is 0 Å². The maximum Gasteiger partial charge on any atom is 0.0688 e. The zero-order chi connectivity index (χ0) is 10.8. The highest BCUT2D eigenvalue weighted by atomic mass is 15.3. The fourth-order valence-corrected chi connectivity index (χ4v) is 2.40. The molecule has 15 heavy (non-hydrogen) atoms. The van der Waals surface area contributed by atoms with Crippen molar-refractivity contribution < 1.29 is 0 Å². The van der Waals surface area contributed by atoms with Gasteiger partial charge in [-0.15, -0.1) is 0 Å². The summed E-state index contributed by atoms with van der Waals surface area (Å²) in [6.45, 7) is 5.13. The Balaban J connectivity index is 2.26. The molecule has 0 aromatic carbocycles. The van der Waals surface area contributed by atoms with Crippen LogP contribution < -0.4 is 5.73 Å². The number of aromatic nitrogens is 2. The van der Waals surface area contributed by atoms with Crippen molar-refractivity contribution in [3.63, 3.8) is 0 Å². The lowest BCUT2D eigenvalue weighted by molar-refractivity contribution is 0.489. The Morgan fingerprint density at radius 1 is 1.60 bits per heavy atom. The topological polar surface area (TPSA) is 43.8 Å². The van der Waals surface area contributed by atoms with Gasteiger partial charge >= 0.3 is 0 Å². The van der Waals surface area contributed by atoms with E-state index in [-0.39, 0.29) is 0 Å². The van der Waals surface area contributed by atoms with E-state index in [0.717, 1.165) is 13.0 Å². The number of hydrogen-bond acceptors (Lipinski definition) is 2. The molecule has 1 atom stereocenters. The van der Waals surface area contributed by atoms with Crippen LogP contribution in [0.15, 0.2) is 6.20 Å². The normalized spacial score (nSPS) is 20.7.